The van der Waals surface area contributed by atoms with E-state index < -0.39 is 6.10 Å². The van der Waals surface area contributed by atoms with Crippen LogP contribution in [0.25, 0.3) is 22.1 Å². The van der Waals surface area contributed by atoms with E-state index >= 15 is 0 Å². The third-order valence-corrected chi connectivity index (χ3v) is 3.79. The molecule has 2 heterocycles. The van der Waals surface area contributed by atoms with Crippen molar-refractivity contribution in [3.63, 3.8) is 0 Å². The van der Waals surface area contributed by atoms with Gasteiger partial charge in [0.15, 0.2) is 11.4 Å². The number of rotatable bonds is 3. The van der Waals surface area contributed by atoms with Crippen molar-refractivity contribution in [1.82, 2.24) is 9.97 Å². The Hall–Kier alpha value is -2.92. The highest BCUT2D eigenvalue weighted by molar-refractivity contribution is 6.05. The van der Waals surface area contributed by atoms with Gasteiger partial charge in [0.05, 0.1) is 6.10 Å². The van der Waals surface area contributed by atoms with Gasteiger partial charge in [-0.2, -0.15) is 0 Å². The summed E-state index contributed by atoms with van der Waals surface area (Å²) in [5.74, 6) is 0.606. The molecule has 5 heteroatoms. The first-order valence-corrected chi connectivity index (χ1v) is 7.39. The first kappa shape index (κ1) is 13.7. The first-order valence-electron chi connectivity index (χ1n) is 7.39. The molecule has 2 aromatic carbocycles. The molecule has 0 unspecified atom stereocenters. The van der Waals surface area contributed by atoms with Crippen molar-refractivity contribution >= 4 is 33.6 Å². The molecule has 1 atom stereocenters. The number of aliphatic hydroxyl groups is 1. The molecule has 0 aliphatic carbocycles. The fourth-order valence-corrected chi connectivity index (χ4v) is 2.63. The van der Waals surface area contributed by atoms with E-state index in [1.54, 1.807) is 6.92 Å². The second kappa shape index (κ2) is 5.37. The van der Waals surface area contributed by atoms with Crippen LogP contribution in [0.1, 0.15) is 18.6 Å². The molecule has 4 rings (SSSR count). The highest BCUT2D eigenvalue weighted by Crippen LogP contribution is 2.31. The van der Waals surface area contributed by atoms with Crippen molar-refractivity contribution in [3.8, 4) is 0 Å². The number of hydrogen-bond acceptors (Lipinski definition) is 5. The number of aliphatic hydroxyl groups excluding tert-OH is 1. The number of furan rings is 1. The van der Waals surface area contributed by atoms with Gasteiger partial charge in [0.25, 0.3) is 0 Å². The minimum absolute atomic E-state index is 0.520. The van der Waals surface area contributed by atoms with Crippen molar-refractivity contribution in [3.05, 3.63) is 60.4 Å². The molecule has 2 aromatic heterocycles. The zero-order valence-corrected chi connectivity index (χ0v) is 12.5. The van der Waals surface area contributed by atoms with E-state index in [4.69, 9.17) is 4.42 Å². The van der Waals surface area contributed by atoms with Gasteiger partial charge in [0, 0.05) is 11.1 Å². The van der Waals surface area contributed by atoms with Gasteiger partial charge in [0.1, 0.15) is 17.4 Å². The van der Waals surface area contributed by atoms with Gasteiger partial charge in [-0.1, -0.05) is 24.3 Å². The van der Waals surface area contributed by atoms with Gasteiger partial charge in [-0.15, -0.1) is 0 Å². The summed E-state index contributed by atoms with van der Waals surface area (Å²) in [6.07, 6.45) is 0.999. The van der Waals surface area contributed by atoms with Gasteiger partial charge in [-0.25, -0.2) is 9.97 Å². The minimum atomic E-state index is -0.520. The molecular formula is C18H15N3O2. The van der Waals surface area contributed by atoms with Crippen LogP contribution in [-0.2, 0) is 0 Å². The van der Waals surface area contributed by atoms with Crippen LogP contribution in [0.2, 0.25) is 0 Å². The molecule has 0 spiro atoms. The van der Waals surface area contributed by atoms with Crippen molar-refractivity contribution in [1.29, 1.82) is 0 Å². The van der Waals surface area contributed by atoms with Crippen LogP contribution in [0.15, 0.2) is 59.3 Å². The maximum atomic E-state index is 9.71. The third-order valence-electron chi connectivity index (χ3n) is 3.79. The minimum Gasteiger partial charge on any atom is -0.450 e. The lowest BCUT2D eigenvalue weighted by atomic mass is 10.1. The standard InChI is InChI=1S/C18H15N3O2/c1-11(22)12-5-4-6-13(9-12)21-18-17-16(19-10-20-18)14-7-2-3-8-15(14)23-17/h2-11,22H,1H3,(H,19,20,21)/t11-/m1/s1. The molecule has 0 saturated heterocycles. The van der Waals surface area contributed by atoms with Gasteiger partial charge in [0.2, 0.25) is 0 Å². The van der Waals surface area contributed by atoms with Crippen LogP contribution < -0.4 is 5.32 Å². The fraction of sp³-hybridized carbons (Fsp3) is 0.111. The Kier molecular flexibility index (Phi) is 3.20. The third kappa shape index (κ3) is 2.41. The van der Waals surface area contributed by atoms with E-state index in [9.17, 15) is 5.11 Å². The summed E-state index contributed by atoms with van der Waals surface area (Å²) in [4.78, 5) is 8.63. The molecule has 5 nitrogen and oxygen atoms in total. The Morgan fingerprint density at radius 1 is 1.09 bits per heavy atom. The van der Waals surface area contributed by atoms with Gasteiger partial charge in [-0.05, 0) is 36.8 Å². The van der Waals surface area contributed by atoms with Crippen molar-refractivity contribution in [2.45, 2.75) is 13.0 Å². The molecule has 114 valence electrons. The molecular weight excluding hydrogens is 290 g/mol. The Morgan fingerprint density at radius 3 is 2.83 bits per heavy atom. The Morgan fingerprint density at radius 2 is 1.96 bits per heavy atom. The number of hydrogen-bond donors (Lipinski definition) is 2. The number of para-hydroxylation sites is 1. The summed E-state index contributed by atoms with van der Waals surface area (Å²) in [6.45, 7) is 1.74. The Bertz CT molecular complexity index is 992. The largest absolute Gasteiger partial charge is 0.450 e. The predicted octanol–water partition coefficient (Wildman–Crippen LogP) is 4.17. The van der Waals surface area contributed by atoms with E-state index in [1.807, 2.05) is 48.5 Å². The summed E-state index contributed by atoms with van der Waals surface area (Å²) in [7, 11) is 0. The zero-order chi connectivity index (χ0) is 15.8. The summed E-state index contributed by atoms with van der Waals surface area (Å²) < 4.78 is 5.90. The summed E-state index contributed by atoms with van der Waals surface area (Å²) in [6, 6.07) is 15.4. The average molecular weight is 305 g/mol. The van der Waals surface area contributed by atoms with Crippen LogP contribution in [0.5, 0.6) is 0 Å². The van der Waals surface area contributed by atoms with E-state index in [1.165, 1.54) is 6.33 Å². The SMILES string of the molecule is C[C@@H](O)c1cccc(Nc2ncnc3c2oc2ccccc23)c1. The van der Waals surface area contributed by atoms with Crippen LogP contribution in [0, 0.1) is 0 Å². The Balaban J connectivity index is 1.81. The number of nitrogens with zero attached hydrogens (tertiary/aromatic N) is 2. The fourth-order valence-electron chi connectivity index (χ4n) is 2.63. The van der Waals surface area contributed by atoms with E-state index in [0.717, 1.165) is 27.7 Å². The highest BCUT2D eigenvalue weighted by Gasteiger charge is 2.13. The predicted molar refractivity (Wildman–Crippen MR) is 89.7 cm³/mol. The second-order valence-electron chi connectivity index (χ2n) is 5.42. The number of benzene rings is 2. The molecule has 0 aliphatic rings. The van der Waals surface area contributed by atoms with Crippen LogP contribution in [0.4, 0.5) is 11.5 Å². The quantitative estimate of drug-likeness (QED) is 0.594. The summed E-state index contributed by atoms with van der Waals surface area (Å²) in [5, 5.41) is 13.9. The number of aromatic nitrogens is 2. The molecule has 0 aliphatic heterocycles. The molecule has 0 amide bonds. The monoisotopic (exact) mass is 305 g/mol. The number of nitrogens with one attached hydrogen (secondary N) is 1. The van der Waals surface area contributed by atoms with Crippen molar-refractivity contribution in [2.24, 2.45) is 0 Å². The first-order chi connectivity index (χ1) is 11.2. The topological polar surface area (TPSA) is 71.2 Å². The lowest BCUT2D eigenvalue weighted by Gasteiger charge is -2.09. The second-order valence-corrected chi connectivity index (χ2v) is 5.42. The van der Waals surface area contributed by atoms with Crippen molar-refractivity contribution in [2.75, 3.05) is 5.32 Å². The van der Waals surface area contributed by atoms with Crippen LogP contribution in [-0.4, -0.2) is 15.1 Å². The highest BCUT2D eigenvalue weighted by atomic mass is 16.3. The lowest BCUT2D eigenvalue weighted by molar-refractivity contribution is 0.199. The van der Waals surface area contributed by atoms with Gasteiger partial charge < -0.3 is 14.8 Å². The number of fused-ring (bicyclic) bond motifs is 3. The molecule has 0 fully saturated rings. The van der Waals surface area contributed by atoms with Crippen LogP contribution in [0.3, 0.4) is 0 Å². The normalized spacial score (nSPS) is 12.6. The van der Waals surface area contributed by atoms with Gasteiger partial charge >= 0.3 is 0 Å². The average Bonchev–Trinajstić information content (AvgIpc) is 2.95. The molecule has 4 aromatic rings. The molecule has 0 radical (unpaired) electrons. The maximum absolute atomic E-state index is 9.71. The molecule has 0 saturated carbocycles. The maximum Gasteiger partial charge on any atom is 0.196 e. The van der Waals surface area contributed by atoms with Gasteiger partial charge in [-0.3, -0.25) is 0 Å². The number of anilines is 2. The van der Waals surface area contributed by atoms with E-state index in [0.29, 0.717) is 11.4 Å². The zero-order valence-electron chi connectivity index (χ0n) is 12.5. The summed E-state index contributed by atoms with van der Waals surface area (Å²) in [5.41, 5.74) is 3.86. The van der Waals surface area contributed by atoms with E-state index in [-0.39, 0.29) is 0 Å². The smallest absolute Gasteiger partial charge is 0.196 e. The van der Waals surface area contributed by atoms with Crippen molar-refractivity contribution < 1.29 is 9.52 Å². The van der Waals surface area contributed by atoms with E-state index in [2.05, 4.69) is 15.3 Å². The molecule has 0 bridgehead atoms. The molecule has 23 heavy (non-hydrogen) atoms. The lowest BCUT2D eigenvalue weighted by Crippen LogP contribution is -1.97. The summed E-state index contributed by atoms with van der Waals surface area (Å²) >= 11 is 0. The Labute approximate surface area is 132 Å². The van der Waals surface area contributed by atoms with Crippen LogP contribution >= 0.6 is 0 Å². The molecule has 2 N–H and O–H groups in total.